The predicted octanol–water partition coefficient (Wildman–Crippen LogP) is 0.619. The number of phenolic OH excluding ortho intramolecular Hbond substituents is 1. The van der Waals surface area contributed by atoms with Gasteiger partial charge in [-0.15, -0.1) is 0 Å². The van der Waals surface area contributed by atoms with Gasteiger partial charge in [-0.3, -0.25) is 14.4 Å². The Bertz CT molecular complexity index is 886. The SMILES string of the molecule is CC(C)C(N)C(=O)N1CCCC1C(=O)NC(Cc1ccc(O)cc1)C(=O)NC(C(=O)O)C(C)C. The quantitative estimate of drug-likeness (QED) is 0.330. The molecule has 1 aromatic carbocycles. The molecular formula is C24H36N4O6. The van der Waals surface area contributed by atoms with Crippen molar-refractivity contribution in [3.05, 3.63) is 29.8 Å². The highest BCUT2D eigenvalue weighted by molar-refractivity contribution is 5.94. The molecule has 1 heterocycles. The van der Waals surface area contributed by atoms with Crippen LogP contribution in [0.1, 0.15) is 46.1 Å². The Kier molecular flexibility index (Phi) is 9.43. The largest absolute Gasteiger partial charge is 0.508 e. The molecule has 0 aromatic heterocycles. The second kappa shape index (κ2) is 11.8. The maximum absolute atomic E-state index is 13.2. The fourth-order valence-corrected chi connectivity index (χ4v) is 3.89. The summed E-state index contributed by atoms with van der Waals surface area (Å²) in [4.78, 5) is 52.1. The molecule has 4 unspecified atom stereocenters. The first-order valence-electron chi connectivity index (χ1n) is 11.6. The summed E-state index contributed by atoms with van der Waals surface area (Å²) < 4.78 is 0. The third-order valence-corrected chi connectivity index (χ3v) is 6.08. The number of nitrogens with zero attached hydrogens (tertiary/aromatic N) is 1. The van der Waals surface area contributed by atoms with E-state index in [-0.39, 0.29) is 29.9 Å². The van der Waals surface area contributed by atoms with Crippen LogP contribution >= 0.6 is 0 Å². The molecule has 188 valence electrons. The second-order valence-corrected chi connectivity index (χ2v) is 9.46. The Morgan fingerprint density at radius 2 is 1.68 bits per heavy atom. The van der Waals surface area contributed by atoms with Crippen LogP contribution in [0, 0.1) is 11.8 Å². The monoisotopic (exact) mass is 476 g/mol. The molecule has 10 nitrogen and oxygen atoms in total. The van der Waals surface area contributed by atoms with E-state index in [4.69, 9.17) is 5.73 Å². The molecule has 0 spiro atoms. The Labute approximate surface area is 199 Å². The molecule has 3 amide bonds. The van der Waals surface area contributed by atoms with Crippen molar-refractivity contribution in [1.82, 2.24) is 15.5 Å². The van der Waals surface area contributed by atoms with Crippen molar-refractivity contribution in [3.8, 4) is 5.75 Å². The van der Waals surface area contributed by atoms with Gasteiger partial charge in [0.05, 0.1) is 6.04 Å². The first kappa shape index (κ1) is 27.1. The van der Waals surface area contributed by atoms with Crippen molar-refractivity contribution in [2.75, 3.05) is 6.54 Å². The fraction of sp³-hybridized carbons (Fsp3) is 0.583. The van der Waals surface area contributed by atoms with Crippen LogP contribution in [-0.4, -0.2) is 69.5 Å². The normalized spacial score (nSPS) is 18.4. The summed E-state index contributed by atoms with van der Waals surface area (Å²) in [5, 5.41) is 24.2. The Hall–Kier alpha value is -3.14. The minimum absolute atomic E-state index is 0.0566. The third-order valence-electron chi connectivity index (χ3n) is 6.08. The molecular weight excluding hydrogens is 440 g/mol. The average molecular weight is 477 g/mol. The predicted molar refractivity (Wildman–Crippen MR) is 126 cm³/mol. The number of carboxylic acid groups (broad SMARTS) is 1. The second-order valence-electron chi connectivity index (χ2n) is 9.46. The molecule has 1 aliphatic rings. The van der Waals surface area contributed by atoms with Crippen molar-refractivity contribution in [3.63, 3.8) is 0 Å². The van der Waals surface area contributed by atoms with Crippen LogP contribution in [0.3, 0.4) is 0 Å². The van der Waals surface area contributed by atoms with Crippen LogP contribution in [0.15, 0.2) is 24.3 Å². The number of amides is 3. The molecule has 4 atom stereocenters. The van der Waals surface area contributed by atoms with Crippen LogP contribution in [0.25, 0.3) is 0 Å². The zero-order valence-electron chi connectivity index (χ0n) is 20.2. The van der Waals surface area contributed by atoms with Gasteiger partial charge in [0.25, 0.3) is 0 Å². The lowest BCUT2D eigenvalue weighted by Crippen LogP contribution is -2.58. The van der Waals surface area contributed by atoms with Crippen molar-refractivity contribution < 1.29 is 29.4 Å². The summed E-state index contributed by atoms with van der Waals surface area (Å²) in [5.74, 6) is -3.01. The number of phenols is 1. The van der Waals surface area contributed by atoms with Gasteiger partial charge < -0.3 is 31.5 Å². The van der Waals surface area contributed by atoms with Gasteiger partial charge in [0.1, 0.15) is 23.9 Å². The lowest BCUT2D eigenvalue weighted by atomic mass is 10.0. The third kappa shape index (κ3) is 6.93. The van der Waals surface area contributed by atoms with Crippen LogP contribution in [-0.2, 0) is 25.6 Å². The first-order chi connectivity index (χ1) is 15.9. The summed E-state index contributed by atoms with van der Waals surface area (Å²) >= 11 is 0. The van der Waals surface area contributed by atoms with E-state index >= 15 is 0 Å². The van der Waals surface area contributed by atoms with E-state index in [9.17, 15) is 29.4 Å². The molecule has 0 saturated carbocycles. The van der Waals surface area contributed by atoms with Crippen molar-refractivity contribution in [1.29, 1.82) is 0 Å². The molecule has 0 radical (unpaired) electrons. The Morgan fingerprint density at radius 1 is 1.06 bits per heavy atom. The summed E-state index contributed by atoms with van der Waals surface area (Å²) in [6, 6.07) is 2.47. The van der Waals surface area contributed by atoms with Gasteiger partial charge in [0.2, 0.25) is 17.7 Å². The van der Waals surface area contributed by atoms with E-state index < -0.39 is 42.0 Å². The summed E-state index contributed by atoms with van der Waals surface area (Å²) in [6.45, 7) is 7.42. The minimum Gasteiger partial charge on any atom is -0.508 e. The number of carbonyl (C=O) groups is 4. The number of nitrogens with two attached hydrogens (primary N) is 1. The number of rotatable bonds is 10. The van der Waals surface area contributed by atoms with Gasteiger partial charge >= 0.3 is 5.97 Å². The molecule has 2 rings (SSSR count). The highest BCUT2D eigenvalue weighted by atomic mass is 16.4. The summed E-state index contributed by atoms with van der Waals surface area (Å²) in [6.07, 6.45) is 1.16. The zero-order chi connectivity index (χ0) is 25.6. The van der Waals surface area contributed by atoms with Crippen LogP contribution < -0.4 is 16.4 Å². The summed E-state index contributed by atoms with van der Waals surface area (Å²) in [5.41, 5.74) is 6.68. The van der Waals surface area contributed by atoms with Crippen LogP contribution in [0.2, 0.25) is 0 Å². The Balaban J connectivity index is 2.23. The maximum Gasteiger partial charge on any atom is 0.326 e. The number of hydrogen-bond acceptors (Lipinski definition) is 6. The smallest absolute Gasteiger partial charge is 0.326 e. The van der Waals surface area contributed by atoms with E-state index in [0.29, 0.717) is 24.9 Å². The maximum atomic E-state index is 13.2. The van der Waals surface area contributed by atoms with Crippen LogP contribution in [0.5, 0.6) is 5.75 Å². The number of benzene rings is 1. The van der Waals surface area contributed by atoms with E-state index in [0.717, 1.165) is 0 Å². The van der Waals surface area contributed by atoms with Crippen molar-refractivity contribution >= 4 is 23.7 Å². The van der Waals surface area contributed by atoms with E-state index in [2.05, 4.69) is 10.6 Å². The van der Waals surface area contributed by atoms with E-state index in [1.165, 1.54) is 17.0 Å². The zero-order valence-corrected chi connectivity index (χ0v) is 20.2. The van der Waals surface area contributed by atoms with Gasteiger partial charge in [-0.1, -0.05) is 39.8 Å². The summed E-state index contributed by atoms with van der Waals surface area (Å²) in [7, 11) is 0. The minimum atomic E-state index is -1.17. The first-order valence-corrected chi connectivity index (χ1v) is 11.6. The van der Waals surface area contributed by atoms with Gasteiger partial charge in [-0.2, -0.15) is 0 Å². The highest BCUT2D eigenvalue weighted by Crippen LogP contribution is 2.20. The number of likely N-dealkylation sites (tertiary alicyclic amines) is 1. The molecule has 1 aliphatic heterocycles. The van der Waals surface area contributed by atoms with Gasteiger partial charge in [-0.05, 0) is 42.4 Å². The Morgan fingerprint density at radius 3 is 2.21 bits per heavy atom. The fourth-order valence-electron chi connectivity index (χ4n) is 3.89. The standard InChI is InChI=1S/C24H36N4O6/c1-13(2)19(25)23(32)28-11-5-6-18(28)22(31)26-17(12-15-7-9-16(29)10-8-15)21(30)27-20(14(3)4)24(33)34/h7-10,13-14,17-20,29H,5-6,11-12,25H2,1-4H3,(H,26,31)(H,27,30)(H,33,34). The molecule has 1 saturated heterocycles. The van der Waals surface area contributed by atoms with Gasteiger partial charge in [0, 0.05) is 13.0 Å². The van der Waals surface area contributed by atoms with Gasteiger partial charge in [0.15, 0.2) is 0 Å². The number of aromatic hydroxyl groups is 1. The lowest BCUT2D eigenvalue weighted by Gasteiger charge is -2.30. The molecule has 0 bridgehead atoms. The van der Waals surface area contributed by atoms with Crippen molar-refractivity contribution in [2.45, 2.75) is 71.1 Å². The topological polar surface area (TPSA) is 162 Å². The molecule has 0 aliphatic carbocycles. The number of hydrogen-bond donors (Lipinski definition) is 5. The molecule has 10 heteroatoms. The lowest BCUT2D eigenvalue weighted by molar-refractivity contribution is -0.144. The van der Waals surface area contributed by atoms with Gasteiger partial charge in [-0.25, -0.2) is 4.79 Å². The highest BCUT2D eigenvalue weighted by Gasteiger charge is 2.38. The number of aliphatic carboxylic acids is 1. The molecule has 1 fully saturated rings. The molecule has 1 aromatic rings. The van der Waals surface area contributed by atoms with E-state index in [1.54, 1.807) is 26.0 Å². The molecule has 34 heavy (non-hydrogen) atoms. The molecule has 6 N–H and O–H groups in total. The average Bonchev–Trinajstić information content (AvgIpc) is 3.26. The van der Waals surface area contributed by atoms with Crippen LogP contribution in [0.4, 0.5) is 0 Å². The van der Waals surface area contributed by atoms with E-state index in [1.807, 2.05) is 13.8 Å². The number of carboxylic acids is 1. The van der Waals surface area contributed by atoms with Crippen molar-refractivity contribution in [2.24, 2.45) is 17.6 Å². The number of nitrogens with one attached hydrogen (secondary N) is 2. The number of carbonyl (C=O) groups excluding carboxylic acids is 3.